The minimum Gasteiger partial charge on any atom is -0.482 e. The third kappa shape index (κ3) is 4.26. The quantitative estimate of drug-likeness (QED) is 0.606. The fourth-order valence-electron chi connectivity index (χ4n) is 2.48. The molecule has 2 N–H and O–H groups in total. The molecule has 11 heteroatoms. The molecule has 1 heterocycles. The number of carboxylic acids is 1. The highest BCUT2D eigenvalue weighted by Crippen LogP contribution is 2.24. The lowest BCUT2D eigenvalue weighted by atomic mass is 10.2. The summed E-state index contributed by atoms with van der Waals surface area (Å²) in [5, 5.41) is 19.9. The van der Waals surface area contributed by atoms with Crippen LogP contribution >= 0.6 is 0 Å². The average Bonchev–Trinajstić information content (AvgIpc) is 3.06. The normalized spacial score (nSPS) is 11.2. The molecule has 0 spiro atoms. The molecule has 0 saturated heterocycles. The van der Waals surface area contributed by atoms with Crippen LogP contribution in [0.25, 0.3) is 5.69 Å². The number of nitrogens with zero attached hydrogens (tertiary/aromatic N) is 4. The number of sulfonamides is 1. The summed E-state index contributed by atoms with van der Waals surface area (Å²) in [6.07, 6.45) is 0. The lowest BCUT2D eigenvalue weighted by molar-refractivity contribution is -0.139. The largest absolute Gasteiger partial charge is 0.482 e. The van der Waals surface area contributed by atoms with Gasteiger partial charge < -0.3 is 9.84 Å². The molecule has 0 saturated carbocycles. The second kappa shape index (κ2) is 7.64. The molecule has 10 nitrogen and oxygen atoms in total. The Balaban J connectivity index is 1.83. The third-order valence-corrected chi connectivity index (χ3v) is 5.16. The summed E-state index contributed by atoms with van der Waals surface area (Å²) < 4.78 is 34.5. The first-order chi connectivity index (χ1) is 13.3. The van der Waals surface area contributed by atoms with Crippen LogP contribution in [0.3, 0.4) is 0 Å². The summed E-state index contributed by atoms with van der Waals surface area (Å²) in [5.41, 5.74) is 1.45. The van der Waals surface area contributed by atoms with Gasteiger partial charge in [-0.05, 0) is 66.2 Å². The number of hydrogen-bond acceptors (Lipinski definition) is 7. The molecule has 0 aliphatic rings. The molecular formula is C17H17N5O5S. The van der Waals surface area contributed by atoms with Crippen LogP contribution in [0, 0.1) is 13.8 Å². The first-order valence-corrected chi connectivity index (χ1v) is 9.58. The molecule has 0 fully saturated rings. The van der Waals surface area contributed by atoms with E-state index in [-0.39, 0.29) is 4.90 Å². The first-order valence-electron chi connectivity index (χ1n) is 8.10. The Morgan fingerprint density at radius 1 is 1.21 bits per heavy atom. The number of aromatic nitrogens is 4. The van der Waals surface area contributed by atoms with Crippen LogP contribution in [0.5, 0.6) is 5.75 Å². The van der Waals surface area contributed by atoms with Crippen LogP contribution in [0.4, 0.5) is 5.69 Å². The van der Waals surface area contributed by atoms with Gasteiger partial charge in [0.05, 0.1) is 16.3 Å². The van der Waals surface area contributed by atoms with Crippen LogP contribution in [-0.2, 0) is 14.8 Å². The van der Waals surface area contributed by atoms with Crippen LogP contribution in [0.2, 0.25) is 0 Å². The molecule has 0 aliphatic heterocycles. The van der Waals surface area contributed by atoms with Gasteiger partial charge in [-0.25, -0.2) is 13.2 Å². The zero-order valence-corrected chi connectivity index (χ0v) is 15.8. The Morgan fingerprint density at radius 2 is 2.00 bits per heavy atom. The van der Waals surface area contributed by atoms with E-state index in [0.29, 0.717) is 28.5 Å². The SMILES string of the molecule is Cc1cc(S(=O)(=O)Nc2cccc(-n3nnnc3C)c2)ccc1OCC(=O)O. The minimum absolute atomic E-state index is 0.0247. The maximum absolute atomic E-state index is 12.7. The molecule has 0 amide bonds. The topological polar surface area (TPSA) is 136 Å². The summed E-state index contributed by atoms with van der Waals surface area (Å²) in [4.78, 5) is 10.6. The van der Waals surface area contributed by atoms with Gasteiger partial charge in [0.1, 0.15) is 5.75 Å². The van der Waals surface area contributed by atoms with Crippen molar-refractivity contribution in [2.24, 2.45) is 0 Å². The van der Waals surface area contributed by atoms with Gasteiger partial charge >= 0.3 is 5.97 Å². The molecular weight excluding hydrogens is 386 g/mol. The van der Waals surface area contributed by atoms with Crippen molar-refractivity contribution in [3.8, 4) is 11.4 Å². The molecule has 0 aliphatic carbocycles. The Labute approximate surface area is 160 Å². The zero-order valence-electron chi connectivity index (χ0n) is 15.0. The van der Waals surface area contributed by atoms with Gasteiger partial charge in [-0.2, -0.15) is 4.68 Å². The van der Waals surface area contributed by atoms with Crippen LogP contribution in [0.15, 0.2) is 47.4 Å². The summed E-state index contributed by atoms with van der Waals surface area (Å²) in [6.45, 7) is 2.86. The second-order valence-corrected chi connectivity index (χ2v) is 7.59. The molecule has 3 aromatic rings. The highest BCUT2D eigenvalue weighted by molar-refractivity contribution is 7.92. The molecule has 1 aromatic heterocycles. The number of hydrogen-bond donors (Lipinski definition) is 2. The van der Waals surface area contributed by atoms with Crippen molar-refractivity contribution >= 4 is 21.7 Å². The van der Waals surface area contributed by atoms with E-state index >= 15 is 0 Å². The molecule has 0 atom stereocenters. The summed E-state index contributed by atoms with van der Waals surface area (Å²) >= 11 is 0. The Kier molecular flexibility index (Phi) is 5.27. The van der Waals surface area contributed by atoms with Gasteiger partial charge in [0.15, 0.2) is 12.4 Å². The number of carbonyl (C=O) groups is 1. The number of ether oxygens (including phenoxy) is 1. The monoisotopic (exact) mass is 403 g/mol. The van der Waals surface area contributed by atoms with E-state index in [1.54, 1.807) is 38.1 Å². The van der Waals surface area contributed by atoms with Gasteiger partial charge in [-0.3, -0.25) is 4.72 Å². The summed E-state index contributed by atoms with van der Waals surface area (Å²) in [5.74, 6) is -0.249. The van der Waals surface area contributed by atoms with Gasteiger partial charge in [-0.1, -0.05) is 6.07 Å². The highest BCUT2D eigenvalue weighted by atomic mass is 32.2. The van der Waals surface area contributed by atoms with Crippen molar-refractivity contribution in [1.82, 2.24) is 20.2 Å². The van der Waals surface area contributed by atoms with Crippen LogP contribution in [-0.4, -0.2) is 46.3 Å². The van der Waals surface area contributed by atoms with Crippen molar-refractivity contribution in [3.05, 3.63) is 53.9 Å². The maximum Gasteiger partial charge on any atom is 0.341 e. The van der Waals surface area contributed by atoms with Crippen molar-refractivity contribution < 1.29 is 23.1 Å². The highest BCUT2D eigenvalue weighted by Gasteiger charge is 2.17. The number of aryl methyl sites for hydroxylation is 2. The summed E-state index contributed by atoms with van der Waals surface area (Å²) in [6, 6.07) is 10.8. The summed E-state index contributed by atoms with van der Waals surface area (Å²) in [7, 11) is -3.86. The lowest BCUT2D eigenvalue weighted by Crippen LogP contribution is -2.14. The Hall–Kier alpha value is -3.47. The zero-order chi connectivity index (χ0) is 20.3. The van der Waals surface area contributed by atoms with E-state index in [9.17, 15) is 13.2 Å². The van der Waals surface area contributed by atoms with Gasteiger partial charge in [0.2, 0.25) is 0 Å². The van der Waals surface area contributed by atoms with Crippen molar-refractivity contribution in [2.75, 3.05) is 11.3 Å². The van der Waals surface area contributed by atoms with E-state index < -0.39 is 22.6 Å². The van der Waals surface area contributed by atoms with Crippen molar-refractivity contribution in [1.29, 1.82) is 0 Å². The molecule has 146 valence electrons. The number of benzene rings is 2. The average molecular weight is 403 g/mol. The number of tetrazole rings is 1. The fourth-order valence-corrected chi connectivity index (χ4v) is 3.61. The van der Waals surface area contributed by atoms with E-state index in [1.807, 2.05) is 0 Å². The third-order valence-electron chi connectivity index (χ3n) is 3.78. The van der Waals surface area contributed by atoms with Crippen LogP contribution < -0.4 is 9.46 Å². The maximum atomic E-state index is 12.7. The number of carboxylic acid groups (broad SMARTS) is 1. The number of rotatable bonds is 7. The molecule has 0 radical (unpaired) electrons. The van der Waals surface area contributed by atoms with Gasteiger partial charge in [-0.15, -0.1) is 5.10 Å². The second-order valence-electron chi connectivity index (χ2n) is 5.90. The first kappa shape index (κ1) is 19.3. The van der Waals surface area contributed by atoms with Crippen LogP contribution in [0.1, 0.15) is 11.4 Å². The Morgan fingerprint density at radius 3 is 2.64 bits per heavy atom. The van der Waals surface area contributed by atoms with E-state index in [2.05, 4.69) is 20.2 Å². The standard InChI is InChI=1S/C17H17N5O5S/c1-11-8-15(6-7-16(11)27-10-17(23)24)28(25,26)19-13-4-3-5-14(9-13)22-12(2)18-20-21-22/h3-9,19H,10H2,1-2H3,(H,23,24). The smallest absolute Gasteiger partial charge is 0.341 e. The molecule has 0 unspecified atom stereocenters. The van der Waals surface area contributed by atoms with E-state index in [4.69, 9.17) is 9.84 Å². The lowest BCUT2D eigenvalue weighted by Gasteiger charge is -2.12. The number of nitrogens with one attached hydrogen (secondary N) is 1. The molecule has 28 heavy (non-hydrogen) atoms. The molecule has 2 aromatic carbocycles. The predicted molar refractivity (Wildman–Crippen MR) is 99.0 cm³/mol. The Bertz CT molecular complexity index is 1130. The molecule has 3 rings (SSSR count). The number of aliphatic carboxylic acids is 1. The fraction of sp³-hybridized carbons (Fsp3) is 0.176. The minimum atomic E-state index is -3.86. The van der Waals surface area contributed by atoms with Gasteiger partial charge in [0, 0.05) is 0 Å². The predicted octanol–water partition coefficient (Wildman–Crippen LogP) is 1.54. The van der Waals surface area contributed by atoms with E-state index in [0.717, 1.165) is 0 Å². The van der Waals surface area contributed by atoms with Crippen molar-refractivity contribution in [3.63, 3.8) is 0 Å². The number of anilines is 1. The van der Waals surface area contributed by atoms with E-state index in [1.165, 1.54) is 22.9 Å². The molecule has 0 bridgehead atoms. The van der Waals surface area contributed by atoms with Crippen molar-refractivity contribution in [2.45, 2.75) is 18.7 Å². The van der Waals surface area contributed by atoms with Gasteiger partial charge in [0.25, 0.3) is 10.0 Å².